The molecule has 4 aromatic carbocycles. The van der Waals surface area contributed by atoms with Crippen molar-refractivity contribution < 1.29 is 14.3 Å². The van der Waals surface area contributed by atoms with Gasteiger partial charge in [-0.25, -0.2) is 4.79 Å². The second-order valence-electron chi connectivity index (χ2n) is 9.84. The number of amides is 1. The van der Waals surface area contributed by atoms with E-state index in [1.807, 2.05) is 115 Å². The maximum atomic E-state index is 13.6. The van der Waals surface area contributed by atoms with E-state index in [9.17, 15) is 9.59 Å². The summed E-state index contributed by atoms with van der Waals surface area (Å²) in [6.45, 7) is 0.139. The number of rotatable bonds is 9. The van der Waals surface area contributed by atoms with Gasteiger partial charge >= 0.3 is 5.97 Å². The normalized spacial score (nSPS) is 11.9. The fourth-order valence-electron chi connectivity index (χ4n) is 5.18. The van der Waals surface area contributed by atoms with Gasteiger partial charge in [-0.15, -0.1) is 0 Å². The van der Waals surface area contributed by atoms with E-state index in [0.29, 0.717) is 6.42 Å². The molecule has 0 bridgehead atoms. The average molecular weight is 528 g/mol. The molecule has 6 heteroatoms. The lowest BCUT2D eigenvalue weighted by Gasteiger charge is -2.18. The van der Waals surface area contributed by atoms with Gasteiger partial charge in [-0.05, 0) is 34.4 Å². The SMILES string of the molecule is O=C(Cc1c(-c2ccccc2)[nH]c2ccccc12)N[C@@H](Cc1c[nH]c2ccccc12)C(=O)OCc1ccccc1. The molecular weight excluding hydrogens is 498 g/mol. The van der Waals surface area contributed by atoms with Crippen molar-refractivity contribution in [2.24, 2.45) is 0 Å². The van der Waals surface area contributed by atoms with E-state index in [1.54, 1.807) is 0 Å². The summed E-state index contributed by atoms with van der Waals surface area (Å²) in [5.41, 5.74) is 6.56. The number of hydrogen-bond donors (Lipinski definition) is 3. The third-order valence-electron chi connectivity index (χ3n) is 7.16. The highest BCUT2D eigenvalue weighted by Gasteiger charge is 2.25. The zero-order valence-corrected chi connectivity index (χ0v) is 21.9. The first-order valence-corrected chi connectivity index (χ1v) is 13.4. The van der Waals surface area contributed by atoms with E-state index in [1.165, 1.54) is 0 Å². The number of aromatic nitrogens is 2. The number of nitrogens with one attached hydrogen (secondary N) is 3. The Labute approximate surface area is 232 Å². The van der Waals surface area contributed by atoms with Crippen molar-refractivity contribution in [2.45, 2.75) is 25.5 Å². The van der Waals surface area contributed by atoms with Gasteiger partial charge in [-0.2, -0.15) is 0 Å². The highest BCUT2D eigenvalue weighted by Crippen LogP contribution is 2.31. The van der Waals surface area contributed by atoms with Crippen LogP contribution in [0.2, 0.25) is 0 Å². The molecule has 0 saturated carbocycles. The molecular formula is C34H29N3O3. The molecule has 0 radical (unpaired) electrons. The average Bonchev–Trinajstić information content (AvgIpc) is 3.58. The van der Waals surface area contributed by atoms with Crippen LogP contribution in [0.5, 0.6) is 0 Å². The summed E-state index contributed by atoms with van der Waals surface area (Å²) in [7, 11) is 0. The molecule has 2 aromatic heterocycles. The van der Waals surface area contributed by atoms with Crippen LogP contribution >= 0.6 is 0 Å². The Kier molecular flexibility index (Phi) is 7.14. The molecule has 1 atom stereocenters. The first-order chi connectivity index (χ1) is 19.7. The summed E-state index contributed by atoms with van der Waals surface area (Å²) < 4.78 is 5.68. The molecule has 2 heterocycles. The van der Waals surface area contributed by atoms with Crippen molar-refractivity contribution in [3.63, 3.8) is 0 Å². The van der Waals surface area contributed by atoms with Gasteiger partial charge in [-0.3, -0.25) is 4.79 Å². The molecule has 0 spiro atoms. The third-order valence-corrected chi connectivity index (χ3v) is 7.16. The molecule has 0 saturated heterocycles. The number of carbonyl (C=O) groups excluding carboxylic acids is 2. The van der Waals surface area contributed by atoms with E-state index in [-0.39, 0.29) is 18.9 Å². The van der Waals surface area contributed by atoms with Gasteiger partial charge in [0.2, 0.25) is 5.91 Å². The molecule has 6 aromatic rings. The number of para-hydroxylation sites is 2. The Morgan fingerprint density at radius 2 is 1.40 bits per heavy atom. The zero-order chi connectivity index (χ0) is 27.3. The predicted octanol–water partition coefficient (Wildman–Crippen LogP) is 6.33. The molecule has 0 aliphatic rings. The first-order valence-electron chi connectivity index (χ1n) is 13.4. The van der Waals surface area contributed by atoms with Gasteiger partial charge in [-0.1, -0.05) is 97.1 Å². The van der Waals surface area contributed by atoms with Crippen LogP contribution in [0.3, 0.4) is 0 Å². The van der Waals surface area contributed by atoms with E-state index < -0.39 is 12.0 Å². The topological polar surface area (TPSA) is 87.0 Å². The Morgan fingerprint density at radius 1 is 0.750 bits per heavy atom. The fourth-order valence-corrected chi connectivity index (χ4v) is 5.18. The zero-order valence-electron chi connectivity index (χ0n) is 21.9. The number of carbonyl (C=O) groups is 2. The maximum absolute atomic E-state index is 13.6. The lowest BCUT2D eigenvalue weighted by Crippen LogP contribution is -2.44. The number of aromatic amines is 2. The lowest BCUT2D eigenvalue weighted by atomic mass is 10.0. The van der Waals surface area contributed by atoms with E-state index in [2.05, 4.69) is 15.3 Å². The Balaban J connectivity index is 1.27. The van der Waals surface area contributed by atoms with Crippen molar-refractivity contribution in [3.8, 4) is 11.3 Å². The van der Waals surface area contributed by atoms with Crippen molar-refractivity contribution in [2.75, 3.05) is 0 Å². The van der Waals surface area contributed by atoms with E-state index >= 15 is 0 Å². The van der Waals surface area contributed by atoms with Crippen LogP contribution in [0.25, 0.3) is 33.1 Å². The maximum Gasteiger partial charge on any atom is 0.329 e. The number of esters is 1. The molecule has 0 fully saturated rings. The number of hydrogen-bond acceptors (Lipinski definition) is 3. The summed E-state index contributed by atoms with van der Waals surface area (Å²) >= 11 is 0. The Morgan fingerprint density at radius 3 is 2.17 bits per heavy atom. The Hall–Kier alpha value is -5.10. The van der Waals surface area contributed by atoms with Crippen molar-refractivity contribution >= 4 is 33.7 Å². The summed E-state index contributed by atoms with van der Waals surface area (Å²) in [5, 5.41) is 4.99. The van der Waals surface area contributed by atoms with Gasteiger partial charge in [0.15, 0.2) is 0 Å². The molecule has 0 unspecified atom stereocenters. The number of ether oxygens (including phenoxy) is 1. The number of fused-ring (bicyclic) bond motifs is 2. The summed E-state index contributed by atoms with van der Waals surface area (Å²) in [5.74, 6) is -0.715. The molecule has 6 nitrogen and oxygen atoms in total. The summed E-state index contributed by atoms with van der Waals surface area (Å²) in [6.07, 6.45) is 2.31. The van der Waals surface area contributed by atoms with Gasteiger partial charge in [0.05, 0.1) is 12.1 Å². The van der Waals surface area contributed by atoms with E-state index in [4.69, 9.17) is 4.74 Å². The van der Waals surface area contributed by atoms with Crippen LogP contribution < -0.4 is 5.32 Å². The molecule has 198 valence electrons. The minimum Gasteiger partial charge on any atom is -0.459 e. The number of benzene rings is 4. The smallest absolute Gasteiger partial charge is 0.329 e. The summed E-state index contributed by atoms with van der Waals surface area (Å²) in [6, 6.07) is 34.5. The fraction of sp³-hybridized carbons (Fsp3) is 0.118. The van der Waals surface area contributed by atoms with E-state index in [0.717, 1.165) is 49.8 Å². The molecule has 6 rings (SSSR count). The second kappa shape index (κ2) is 11.3. The minimum absolute atomic E-state index is 0.116. The predicted molar refractivity (Wildman–Crippen MR) is 158 cm³/mol. The molecule has 1 amide bonds. The molecule has 40 heavy (non-hydrogen) atoms. The van der Waals surface area contributed by atoms with Gasteiger partial charge in [0.25, 0.3) is 0 Å². The monoisotopic (exact) mass is 527 g/mol. The van der Waals surface area contributed by atoms with Crippen LogP contribution in [0.15, 0.2) is 115 Å². The number of H-pyrrole nitrogens is 2. The lowest BCUT2D eigenvalue weighted by molar-refractivity contribution is -0.149. The molecule has 3 N–H and O–H groups in total. The minimum atomic E-state index is -0.846. The second-order valence-corrected chi connectivity index (χ2v) is 9.84. The Bertz CT molecular complexity index is 1770. The van der Waals surface area contributed by atoms with Crippen LogP contribution in [-0.4, -0.2) is 27.9 Å². The van der Waals surface area contributed by atoms with Crippen LogP contribution in [-0.2, 0) is 33.8 Å². The van der Waals surface area contributed by atoms with Gasteiger partial charge < -0.3 is 20.0 Å². The van der Waals surface area contributed by atoms with Crippen molar-refractivity contribution in [1.82, 2.24) is 15.3 Å². The highest BCUT2D eigenvalue weighted by molar-refractivity contribution is 5.96. The largest absolute Gasteiger partial charge is 0.459 e. The van der Waals surface area contributed by atoms with Gasteiger partial charge in [0, 0.05) is 34.4 Å². The summed E-state index contributed by atoms with van der Waals surface area (Å²) in [4.78, 5) is 33.7. The van der Waals surface area contributed by atoms with Crippen molar-refractivity contribution in [1.29, 1.82) is 0 Å². The standard InChI is InChI=1S/C34H29N3O3/c38-32(20-28-27-16-8-10-18-30(27)37-33(28)24-13-5-2-6-14-24)36-31(34(39)40-22-23-11-3-1-4-12-23)19-25-21-35-29-17-9-7-15-26(25)29/h1-18,21,31,35,37H,19-20,22H2,(H,36,38)/t31-/m0/s1. The quantitative estimate of drug-likeness (QED) is 0.192. The molecule has 0 aliphatic carbocycles. The third kappa shape index (κ3) is 5.38. The van der Waals surface area contributed by atoms with Crippen molar-refractivity contribution in [3.05, 3.63) is 132 Å². The van der Waals surface area contributed by atoms with Crippen LogP contribution in [0.4, 0.5) is 0 Å². The van der Waals surface area contributed by atoms with Crippen LogP contribution in [0.1, 0.15) is 16.7 Å². The first kappa shape index (κ1) is 25.2. The van der Waals surface area contributed by atoms with Gasteiger partial charge in [0.1, 0.15) is 12.6 Å². The van der Waals surface area contributed by atoms with Crippen LogP contribution in [0, 0.1) is 0 Å². The highest BCUT2D eigenvalue weighted by atomic mass is 16.5. The molecule has 0 aliphatic heterocycles.